The van der Waals surface area contributed by atoms with Gasteiger partial charge in [-0.3, -0.25) is 4.79 Å². The average Bonchev–Trinajstić information content (AvgIpc) is 2.44. The van der Waals surface area contributed by atoms with Crippen molar-refractivity contribution in [2.24, 2.45) is 0 Å². The van der Waals surface area contributed by atoms with Gasteiger partial charge in [0.05, 0.1) is 7.05 Å². The number of halogens is 2. The Morgan fingerprint density at radius 2 is 1.91 bits per heavy atom. The minimum Gasteiger partial charge on any atom is -0.326 e. The number of hydrogen-bond acceptors (Lipinski definition) is 1. The number of benzene rings is 2. The van der Waals surface area contributed by atoms with Crippen molar-refractivity contribution in [1.82, 2.24) is 0 Å². The maximum atomic E-state index is 12.9. The van der Waals surface area contributed by atoms with Gasteiger partial charge in [0, 0.05) is 14.8 Å². The Morgan fingerprint density at radius 3 is 2.55 bits per heavy atom. The molecule has 1 amide bonds. The van der Waals surface area contributed by atoms with Crippen molar-refractivity contribution in [3.8, 4) is 0 Å². The van der Waals surface area contributed by atoms with E-state index in [-0.39, 0.29) is 11.7 Å². The van der Waals surface area contributed by atoms with Crippen molar-refractivity contribution in [2.45, 2.75) is 13.5 Å². The van der Waals surface area contributed by atoms with E-state index in [0.29, 0.717) is 13.1 Å². The second-order valence-electron chi connectivity index (χ2n) is 5.44. The molecule has 2 rings (SSSR count). The molecule has 1 unspecified atom stereocenters. The molecule has 116 valence electrons. The van der Waals surface area contributed by atoms with Crippen LogP contribution in [0.2, 0.25) is 0 Å². The van der Waals surface area contributed by atoms with Gasteiger partial charge in [0.2, 0.25) is 0 Å². The number of carbonyl (C=O) groups excluding carboxylic acids is 1. The maximum Gasteiger partial charge on any atom is 0.279 e. The van der Waals surface area contributed by atoms with Crippen LogP contribution in [0.25, 0.3) is 0 Å². The summed E-state index contributed by atoms with van der Waals surface area (Å²) < 4.78 is 14.0. The van der Waals surface area contributed by atoms with Crippen molar-refractivity contribution < 1.29 is 14.1 Å². The summed E-state index contributed by atoms with van der Waals surface area (Å²) in [5.41, 5.74) is 2.91. The molecule has 2 N–H and O–H groups in total. The third kappa shape index (κ3) is 5.06. The van der Waals surface area contributed by atoms with Crippen LogP contribution in [0.15, 0.2) is 42.5 Å². The molecule has 0 fully saturated rings. The number of amides is 1. The van der Waals surface area contributed by atoms with Gasteiger partial charge in [0.1, 0.15) is 12.4 Å². The van der Waals surface area contributed by atoms with Gasteiger partial charge in [-0.1, -0.05) is 12.1 Å². The Bertz CT molecular complexity index is 658. The number of nitrogens with one attached hydrogen (secondary N) is 2. The number of quaternary nitrogens is 1. The summed E-state index contributed by atoms with van der Waals surface area (Å²) >= 11 is 2.25. The molecule has 2 aromatic rings. The summed E-state index contributed by atoms with van der Waals surface area (Å²) in [6.07, 6.45) is 0. The highest BCUT2D eigenvalue weighted by atomic mass is 127. The van der Waals surface area contributed by atoms with Crippen LogP contribution < -0.4 is 10.2 Å². The van der Waals surface area contributed by atoms with E-state index >= 15 is 0 Å². The molecule has 0 aliphatic carbocycles. The zero-order valence-electron chi connectivity index (χ0n) is 12.6. The minimum absolute atomic E-state index is 0.0241. The van der Waals surface area contributed by atoms with Gasteiger partial charge >= 0.3 is 0 Å². The van der Waals surface area contributed by atoms with E-state index in [1.54, 1.807) is 12.1 Å². The zero-order valence-corrected chi connectivity index (χ0v) is 14.8. The largest absolute Gasteiger partial charge is 0.326 e. The first kappa shape index (κ1) is 16.9. The molecular weight excluding hydrogens is 394 g/mol. The van der Waals surface area contributed by atoms with Gasteiger partial charge in [-0.2, -0.15) is 0 Å². The molecule has 22 heavy (non-hydrogen) atoms. The van der Waals surface area contributed by atoms with Gasteiger partial charge in [0.15, 0.2) is 6.54 Å². The first-order valence-corrected chi connectivity index (χ1v) is 8.13. The standard InChI is InChI=1S/C17H18FIN2O/c1-12-9-15(19)7-8-16(12)20-17(22)11-21(2)10-13-3-5-14(18)6-4-13/h3-9H,10-11H2,1-2H3,(H,20,22)/p+1. The molecule has 0 radical (unpaired) electrons. The molecule has 3 nitrogen and oxygen atoms in total. The lowest BCUT2D eigenvalue weighted by Crippen LogP contribution is -3.08. The quantitative estimate of drug-likeness (QED) is 0.726. The molecule has 0 saturated carbocycles. The average molecular weight is 413 g/mol. The van der Waals surface area contributed by atoms with E-state index < -0.39 is 0 Å². The highest BCUT2D eigenvalue weighted by Crippen LogP contribution is 2.17. The molecule has 5 heteroatoms. The lowest BCUT2D eigenvalue weighted by molar-refractivity contribution is -0.885. The van der Waals surface area contributed by atoms with E-state index in [9.17, 15) is 9.18 Å². The fraction of sp³-hybridized carbons (Fsp3) is 0.235. The van der Waals surface area contributed by atoms with E-state index in [1.807, 2.05) is 32.2 Å². The van der Waals surface area contributed by atoms with Gasteiger partial charge in [0.25, 0.3) is 5.91 Å². The van der Waals surface area contributed by atoms with Gasteiger partial charge in [-0.05, 0) is 65.4 Å². The smallest absolute Gasteiger partial charge is 0.279 e. The Morgan fingerprint density at radius 1 is 1.23 bits per heavy atom. The first-order valence-electron chi connectivity index (χ1n) is 7.06. The SMILES string of the molecule is Cc1cc(I)ccc1NC(=O)C[NH+](C)Cc1ccc(F)cc1. The normalized spacial score (nSPS) is 12.0. The third-order valence-corrected chi connectivity index (χ3v) is 4.02. The summed E-state index contributed by atoms with van der Waals surface area (Å²) in [5, 5.41) is 2.94. The van der Waals surface area contributed by atoms with Crippen molar-refractivity contribution in [3.05, 3.63) is 63.0 Å². The monoisotopic (exact) mass is 413 g/mol. The Kier molecular flexibility index (Phi) is 5.90. The van der Waals surface area contributed by atoms with Crippen LogP contribution in [0.1, 0.15) is 11.1 Å². The van der Waals surface area contributed by atoms with E-state index in [2.05, 4.69) is 27.9 Å². The van der Waals surface area contributed by atoms with Gasteiger partial charge < -0.3 is 10.2 Å². The number of rotatable bonds is 5. The van der Waals surface area contributed by atoms with Crippen LogP contribution in [-0.4, -0.2) is 19.5 Å². The number of anilines is 1. The first-order chi connectivity index (χ1) is 10.4. The highest BCUT2D eigenvalue weighted by Gasteiger charge is 2.12. The van der Waals surface area contributed by atoms with Crippen LogP contribution in [0, 0.1) is 16.3 Å². The molecule has 1 atom stereocenters. The van der Waals surface area contributed by atoms with Crippen LogP contribution in [0.3, 0.4) is 0 Å². The van der Waals surface area contributed by atoms with E-state index in [4.69, 9.17) is 0 Å². The summed E-state index contributed by atoms with van der Waals surface area (Å²) in [6, 6.07) is 12.3. The summed E-state index contributed by atoms with van der Waals surface area (Å²) in [6.45, 7) is 3.02. The third-order valence-electron chi connectivity index (χ3n) is 3.34. The second-order valence-corrected chi connectivity index (χ2v) is 6.69. The molecule has 0 heterocycles. The zero-order chi connectivity index (χ0) is 16.1. The Labute approximate surface area is 143 Å². The summed E-state index contributed by atoms with van der Waals surface area (Å²) in [7, 11) is 1.95. The summed E-state index contributed by atoms with van der Waals surface area (Å²) in [5.74, 6) is -0.266. The Hall–Kier alpha value is -1.47. The molecule has 0 bridgehead atoms. The van der Waals surface area contributed by atoms with Crippen molar-refractivity contribution in [3.63, 3.8) is 0 Å². The second kappa shape index (κ2) is 7.69. The van der Waals surface area contributed by atoms with Crippen molar-refractivity contribution in [1.29, 1.82) is 0 Å². The highest BCUT2D eigenvalue weighted by molar-refractivity contribution is 14.1. The van der Waals surface area contributed by atoms with Gasteiger partial charge in [-0.25, -0.2) is 4.39 Å². The predicted octanol–water partition coefficient (Wildman–Crippen LogP) is 2.39. The number of hydrogen-bond donors (Lipinski definition) is 2. The fourth-order valence-corrected chi connectivity index (χ4v) is 2.90. The lowest BCUT2D eigenvalue weighted by Gasteiger charge is -2.15. The van der Waals surface area contributed by atoms with Crippen LogP contribution >= 0.6 is 22.6 Å². The van der Waals surface area contributed by atoms with Gasteiger partial charge in [-0.15, -0.1) is 0 Å². The number of likely N-dealkylation sites (N-methyl/N-ethyl adjacent to an activating group) is 1. The van der Waals surface area contributed by atoms with Crippen LogP contribution in [0.4, 0.5) is 10.1 Å². The Balaban J connectivity index is 1.89. The topological polar surface area (TPSA) is 33.5 Å². The van der Waals surface area contributed by atoms with Crippen molar-refractivity contribution >= 4 is 34.2 Å². The molecule has 0 aromatic heterocycles. The molecule has 0 aliphatic heterocycles. The molecule has 0 spiro atoms. The molecular formula is C17H19FIN2O+. The lowest BCUT2D eigenvalue weighted by atomic mass is 10.2. The summed E-state index contributed by atoms with van der Waals surface area (Å²) in [4.78, 5) is 13.2. The maximum absolute atomic E-state index is 12.9. The van der Waals surface area contributed by atoms with E-state index in [1.165, 1.54) is 12.1 Å². The fourth-order valence-electron chi connectivity index (χ4n) is 2.25. The molecule has 0 saturated heterocycles. The number of carbonyl (C=O) groups is 1. The number of aryl methyl sites for hydroxylation is 1. The van der Waals surface area contributed by atoms with Crippen molar-refractivity contribution in [2.75, 3.05) is 18.9 Å². The minimum atomic E-state index is -0.242. The van der Waals surface area contributed by atoms with Crippen LogP contribution in [0.5, 0.6) is 0 Å². The molecule has 2 aromatic carbocycles. The molecule has 0 aliphatic rings. The predicted molar refractivity (Wildman–Crippen MR) is 94.4 cm³/mol. The van der Waals surface area contributed by atoms with E-state index in [0.717, 1.165) is 25.3 Å². The van der Waals surface area contributed by atoms with Crippen LogP contribution in [-0.2, 0) is 11.3 Å².